The zero-order chi connectivity index (χ0) is 8.65. The molecule has 0 unspecified atom stereocenters. The number of pyridine rings is 1. The molecule has 0 aliphatic carbocycles. The molecule has 0 aromatic carbocycles. The predicted octanol–water partition coefficient (Wildman–Crippen LogP) is 2.30. The Labute approximate surface area is 73.4 Å². The summed E-state index contributed by atoms with van der Waals surface area (Å²) in [5, 5.41) is 0. The second-order valence-electron chi connectivity index (χ2n) is 2.68. The molecule has 0 radical (unpaired) electrons. The van der Waals surface area contributed by atoms with E-state index in [0.717, 1.165) is 18.5 Å². The van der Waals surface area contributed by atoms with E-state index in [2.05, 4.69) is 16.9 Å². The molecule has 0 aliphatic heterocycles. The number of aliphatic imine (C=N–C) groups is 1. The maximum atomic E-state index is 4.27. The van der Waals surface area contributed by atoms with Crippen molar-refractivity contribution in [2.75, 3.05) is 6.54 Å². The van der Waals surface area contributed by atoms with Gasteiger partial charge in [-0.3, -0.25) is 9.98 Å². The first-order valence-electron chi connectivity index (χ1n) is 4.33. The number of rotatable bonds is 4. The van der Waals surface area contributed by atoms with Crippen LogP contribution in [0.15, 0.2) is 29.5 Å². The van der Waals surface area contributed by atoms with Crippen LogP contribution in [0.1, 0.15) is 25.3 Å². The molecule has 1 rings (SSSR count). The van der Waals surface area contributed by atoms with Crippen LogP contribution < -0.4 is 0 Å². The van der Waals surface area contributed by atoms with Crippen molar-refractivity contribution in [3.05, 3.63) is 30.1 Å². The van der Waals surface area contributed by atoms with Crippen molar-refractivity contribution in [1.29, 1.82) is 0 Å². The Bertz CT molecular complexity index is 229. The Morgan fingerprint density at radius 1 is 1.58 bits per heavy atom. The van der Waals surface area contributed by atoms with Crippen LogP contribution in [0.2, 0.25) is 0 Å². The van der Waals surface area contributed by atoms with Crippen molar-refractivity contribution >= 4 is 6.21 Å². The summed E-state index contributed by atoms with van der Waals surface area (Å²) in [7, 11) is 0. The zero-order valence-electron chi connectivity index (χ0n) is 7.40. The van der Waals surface area contributed by atoms with Gasteiger partial charge in [-0.2, -0.15) is 0 Å². The minimum atomic E-state index is 0.922. The number of nitrogens with zero attached hydrogens (tertiary/aromatic N) is 2. The smallest absolute Gasteiger partial charge is 0.0389 e. The lowest BCUT2D eigenvalue weighted by molar-refractivity contribution is 0.810. The summed E-state index contributed by atoms with van der Waals surface area (Å²) in [6, 6.07) is 3.92. The lowest BCUT2D eigenvalue weighted by atomic mass is 10.3. The normalized spacial score (nSPS) is 10.8. The lowest BCUT2D eigenvalue weighted by Gasteiger charge is -1.90. The highest BCUT2D eigenvalue weighted by atomic mass is 14.7. The van der Waals surface area contributed by atoms with Crippen LogP contribution in [0, 0.1) is 0 Å². The average Bonchev–Trinajstić information content (AvgIpc) is 2.14. The van der Waals surface area contributed by atoms with E-state index in [1.54, 1.807) is 6.20 Å². The van der Waals surface area contributed by atoms with E-state index in [1.165, 1.54) is 6.42 Å². The van der Waals surface area contributed by atoms with E-state index >= 15 is 0 Å². The Hall–Kier alpha value is -1.18. The summed E-state index contributed by atoms with van der Waals surface area (Å²) < 4.78 is 0. The SMILES string of the molecule is CCCC/N=C/c1cccnc1. The molecule has 0 N–H and O–H groups in total. The Kier molecular flexibility index (Phi) is 4.06. The fraction of sp³-hybridized carbons (Fsp3) is 0.400. The van der Waals surface area contributed by atoms with Gasteiger partial charge in [-0.1, -0.05) is 19.4 Å². The van der Waals surface area contributed by atoms with E-state index in [0.29, 0.717) is 0 Å². The third kappa shape index (κ3) is 3.28. The van der Waals surface area contributed by atoms with Crippen LogP contribution in [-0.4, -0.2) is 17.7 Å². The Morgan fingerprint density at radius 3 is 3.17 bits per heavy atom. The molecular formula is C10H14N2. The summed E-state index contributed by atoms with van der Waals surface area (Å²) >= 11 is 0. The molecule has 0 atom stereocenters. The molecule has 12 heavy (non-hydrogen) atoms. The molecule has 2 heteroatoms. The van der Waals surface area contributed by atoms with Crippen LogP contribution in [0.4, 0.5) is 0 Å². The summed E-state index contributed by atoms with van der Waals surface area (Å²) in [6.45, 7) is 3.09. The zero-order valence-corrected chi connectivity index (χ0v) is 7.40. The van der Waals surface area contributed by atoms with Crippen LogP contribution >= 0.6 is 0 Å². The highest BCUT2D eigenvalue weighted by Gasteiger charge is 1.83. The predicted molar refractivity (Wildman–Crippen MR) is 51.6 cm³/mol. The van der Waals surface area contributed by atoms with Gasteiger partial charge in [-0.25, -0.2) is 0 Å². The molecule has 0 saturated carbocycles. The first-order valence-corrected chi connectivity index (χ1v) is 4.33. The van der Waals surface area contributed by atoms with Crippen LogP contribution in [0.5, 0.6) is 0 Å². The second-order valence-corrected chi connectivity index (χ2v) is 2.68. The van der Waals surface area contributed by atoms with E-state index in [4.69, 9.17) is 0 Å². The van der Waals surface area contributed by atoms with Gasteiger partial charge in [0.25, 0.3) is 0 Å². The van der Waals surface area contributed by atoms with Gasteiger partial charge in [-0.15, -0.1) is 0 Å². The van der Waals surface area contributed by atoms with Gasteiger partial charge in [0.05, 0.1) is 0 Å². The molecule has 0 aliphatic rings. The standard InChI is InChI=1S/C10H14N2/c1-2-3-6-11-8-10-5-4-7-12-9-10/h4-5,7-9H,2-3,6H2,1H3/b11-8+. The summed E-state index contributed by atoms with van der Waals surface area (Å²) in [5.41, 5.74) is 1.08. The van der Waals surface area contributed by atoms with Gasteiger partial charge in [0.1, 0.15) is 0 Å². The molecule has 0 spiro atoms. The maximum absolute atomic E-state index is 4.27. The maximum Gasteiger partial charge on any atom is 0.0389 e. The molecule has 64 valence electrons. The minimum Gasteiger partial charge on any atom is -0.293 e. The van der Waals surface area contributed by atoms with Crippen LogP contribution in [0.3, 0.4) is 0 Å². The van der Waals surface area contributed by atoms with Gasteiger partial charge in [0, 0.05) is 30.7 Å². The molecule has 0 amide bonds. The van der Waals surface area contributed by atoms with Crippen molar-refractivity contribution in [2.24, 2.45) is 4.99 Å². The van der Waals surface area contributed by atoms with Gasteiger partial charge in [0.15, 0.2) is 0 Å². The Morgan fingerprint density at radius 2 is 2.50 bits per heavy atom. The first kappa shape index (κ1) is 8.91. The van der Waals surface area contributed by atoms with Crippen molar-refractivity contribution in [3.8, 4) is 0 Å². The minimum absolute atomic E-state index is 0.922. The van der Waals surface area contributed by atoms with Gasteiger partial charge in [0.2, 0.25) is 0 Å². The highest BCUT2D eigenvalue weighted by Crippen LogP contribution is 1.92. The number of unbranched alkanes of at least 4 members (excludes halogenated alkanes) is 1. The quantitative estimate of drug-likeness (QED) is 0.492. The van der Waals surface area contributed by atoms with Gasteiger partial charge < -0.3 is 0 Å². The number of hydrogen-bond acceptors (Lipinski definition) is 2. The lowest BCUT2D eigenvalue weighted by Crippen LogP contribution is -1.84. The topological polar surface area (TPSA) is 25.2 Å². The average molecular weight is 162 g/mol. The van der Waals surface area contributed by atoms with Gasteiger partial charge >= 0.3 is 0 Å². The van der Waals surface area contributed by atoms with Crippen LogP contribution in [0.25, 0.3) is 0 Å². The largest absolute Gasteiger partial charge is 0.293 e. The highest BCUT2D eigenvalue weighted by molar-refractivity contribution is 5.78. The fourth-order valence-electron chi connectivity index (χ4n) is 0.872. The molecular weight excluding hydrogens is 148 g/mol. The monoisotopic (exact) mass is 162 g/mol. The molecule has 1 heterocycles. The second kappa shape index (κ2) is 5.47. The van der Waals surface area contributed by atoms with E-state index in [1.807, 2.05) is 24.5 Å². The van der Waals surface area contributed by atoms with Crippen molar-refractivity contribution in [2.45, 2.75) is 19.8 Å². The summed E-state index contributed by atoms with van der Waals surface area (Å²) in [5.74, 6) is 0. The van der Waals surface area contributed by atoms with Crippen molar-refractivity contribution in [1.82, 2.24) is 4.98 Å². The molecule has 1 aromatic heterocycles. The summed E-state index contributed by atoms with van der Waals surface area (Å²) in [4.78, 5) is 8.26. The summed E-state index contributed by atoms with van der Waals surface area (Å²) in [6.07, 6.45) is 7.82. The third-order valence-electron chi connectivity index (χ3n) is 1.57. The number of aromatic nitrogens is 1. The number of hydrogen-bond donors (Lipinski definition) is 0. The molecule has 0 saturated heterocycles. The first-order chi connectivity index (χ1) is 5.93. The fourth-order valence-corrected chi connectivity index (χ4v) is 0.872. The van der Waals surface area contributed by atoms with E-state index in [9.17, 15) is 0 Å². The van der Waals surface area contributed by atoms with Crippen LogP contribution in [-0.2, 0) is 0 Å². The molecule has 0 fully saturated rings. The van der Waals surface area contributed by atoms with Crippen molar-refractivity contribution in [3.63, 3.8) is 0 Å². The molecule has 2 nitrogen and oxygen atoms in total. The van der Waals surface area contributed by atoms with E-state index in [-0.39, 0.29) is 0 Å². The molecule has 0 bridgehead atoms. The van der Waals surface area contributed by atoms with Gasteiger partial charge in [-0.05, 0) is 12.5 Å². The van der Waals surface area contributed by atoms with E-state index < -0.39 is 0 Å². The van der Waals surface area contributed by atoms with Crippen molar-refractivity contribution < 1.29 is 0 Å². The Balaban J connectivity index is 2.36. The third-order valence-corrected chi connectivity index (χ3v) is 1.57. The molecule has 1 aromatic rings.